The van der Waals surface area contributed by atoms with Gasteiger partial charge >= 0.3 is 0 Å². The van der Waals surface area contributed by atoms with Crippen molar-refractivity contribution in [1.82, 2.24) is 35.1 Å². The van der Waals surface area contributed by atoms with Crippen LogP contribution in [0, 0.1) is 0 Å². The third kappa shape index (κ3) is 8.94. The van der Waals surface area contributed by atoms with Gasteiger partial charge in [-0.2, -0.15) is 4.98 Å². The lowest BCUT2D eigenvalue weighted by molar-refractivity contribution is -0.136. The molecule has 3 aromatic carbocycles. The van der Waals surface area contributed by atoms with E-state index in [0.29, 0.717) is 53.2 Å². The summed E-state index contributed by atoms with van der Waals surface area (Å²) >= 11 is 6.54. The summed E-state index contributed by atoms with van der Waals surface area (Å²) in [6.07, 6.45) is 6.82. The van der Waals surface area contributed by atoms with Gasteiger partial charge in [0, 0.05) is 93.2 Å². The zero-order valence-corrected chi connectivity index (χ0v) is 35.4. The number of halogens is 1. The minimum absolute atomic E-state index is 0.188. The van der Waals surface area contributed by atoms with E-state index >= 15 is 0 Å². The van der Waals surface area contributed by atoms with Gasteiger partial charge in [-0.05, 0) is 48.7 Å². The first-order chi connectivity index (χ1) is 29.4. The lowest BCUT2D eigenvalue weighted by atomic mass is 10.0. The topological polar surface area (TPSA) is 216 Å². The van der Waals surface area contributed by atoms with Crippen molar-refractivity contribution in [3.8, 4) is 5.75 Å². The smallest absolute Gasteiger partial charge is 0.255 e. The van der Waals surface area contributed by atoms with Crippen LogP contribution in [0.15, 0.2) is 61.1 Å². The molecule has 0 spiro atoms. The number of carbonyl (C=O) groups excluding carboxylic acids is 3. The number of aryl methyl sites for hydroxylation is 1. The van der Waals surface area contributed by atoms with Crippen LogP contribution in [0.2, 0.25) is 5.02 Å². The normalized spacial score (nSPS) is 17.0. The number of nitrogens with zero attached hydrogens (tertiary/aromatic N) is 7. The van der Waals surface area contributed by atoms with Crippen LogP contribution in [-0.2, 0) is 32.6 Å². The highest BCUT2D eigenvalue weighted by atomic mass is 35.5. The Morgan fingerprint density at radius 2 is 1.77 bits per heavy atom. The lowest BCUT2D eigenvalue weighted by Crippen LogP contribution is -2.52. The highest BCUT2D eigenvalue weighted by Crippen LogP contribution is 2.38. The first kappa shape index (κ1) is 41.4. The Morgan fingerprint density at radius 3 is 2.52 bits per heavy atom. The molecule has 3 amide bonds. The van der Waals surface area contributed by atoms with Crippen molar-refractivity contribution in [2.24, 2.45) is 0 Å². The number of benzene rings is 3. The largest absolute Gasteiger partial charge is 0.494 e. The van der Waals surface area contributed by atoms with E-state index in [4.69, 9.17) is 16.3 Å². The Morgan fingerprint density at radius 1 is 0.967 bits per heavy atom. The van der Waals surface area contributed by atoms with E-state index in [1.54, 1.807) is 30.2 Å². The summed E-state index contributed by atoms with van der Waals surface area (Å²) in [5, 5.41) is 12.5. The molecule has 0 bridgehead atoms. The number of carbonyl (C=O) groups is 3. The predicted molar refractivity (Wildman–Crippen MR) is 234 cm³/mol. The lowest BCUT2D eigenvalue weighted by Gasteiger charge is -2.37. The Bertz CT molecular complexity index is 2640. The molecule has 20 heteroatoms. The molecule has 5 heterocycles. The molecule has 1 atom stereocenters. The summed E-state index contributed by atoms with van der Waals surface area (Å²) < 4.78 is 33.0. The van der Waals surface area contributed by atoms with E-state index < -0.39 is 22.0 Å². The van der Waals surface area contributed by atoms with Gasteiger partial charge in [-0.3, -0.25) is 39.3 Å². The number of fused-ring (bicyclic) bond motifs is 2. The van der Waals surface area contributed by atoms with Crippen molar-refractivity contribution >= 4 is 90.6 Å². The molecule has 1 unspecified atom stereocenters. The van der Waals surface area contributed by atoms with Gasteiger partial charge in [0.05, 0.1) is 42.1 Å². The van der Waals surface area contributed by atoms with Gasteiger partial charge in [0.25, 0.3) is 5.91 Å². The first-order valence-corrected chi connectivity index (χ1v) is 22.1. The molecule has 3 aliphatic heterocycles. The summed E-state index contributed by atoms with van der Waals surface area (Å²) in [4.78, 5) is 61.5. The molecular weight excluding hydrogens is 824 g/mol. The van der Waals surface area contributed by atoms with Crippen LogP contribution in [-0.4, -0.2) is 115 Å². The average molecular weight is 869 g/mol. The number of aromatic nitrogens is 4. The number of imide groups is 1. The predicted octanol–water partition coefficient (Wildman–Crippen LogP) is 4.50. The van der Waals surface area contributed by atoms with Gasteiger partial charge < -0.3 is 30.5 Å². The third-order valence-corrected chi connectivity index (χ3v) is 11.8. The number of rotatable bonds is 14. The first-order valence-electron chi connectivity index (χ1n) is 19.9. The van der Waals surface area contributed by atoms with E-state index in [9.17, 15) is 22.8 Å². The van der Waals surface area contributed by atoms with Crippen LogP contribution in [0.1, 0.15) is 41.3 Å². The Kier molecular flexibility index (Phi) is 11.8. The highest BCUT2D eigenvalue weighted by Gasteiger charge is 2.40. The maximum atomic E-state index is 13.3. The van der Waals surface area contributed by atoms with Crippen molar-refractivity contribution in [1.29, 1.82) is 0 Å². The Hall–Kier alpha value is -6.31. The van der Waals surface area contributed by atoms with E-state index in [0.717, 1.165) is 67.9 Å². The van der Waals surface area contributed by atoms with Crippen LogP contribution in [0.25, 0.3) is 11.0 Å². The standard InChI is InChI=1S/C41H45ClN12O6S/c1-4-24-20-31(48-41-46-22-27(42)38(50-41)47-30-9-8-29-36(45-13-12-43-29)37(30)51-61(3,58)59)34(60-2)21-33(24)53-18-16-52(17-19-53)15-14-44-28-7-5-6-25-26(28)23-54(40(25)57)32-10-11-35(55)49-39(32)56/h5-9,12-13,20-22,32,44,51H,4,10-11,14-19,23H2,1-3H3,(H,49,55,56)(H2,46,47,48,50). The molecule has 2 fully saturated rings. The van der Waals surface area contributed by atoms with Crippen molar-refractivity contribution in [3.63, 3.8) is 0 Å². The number of hydrogen-bond acceptors (Lipinski definition) is 15. The number of piperazine rings is 1. The minimum Gasteiger partial charge on any atom is -0.494 e. The molecule has 18 nitrogen and oxygen atoms in total. The van der Waals surface area contributed by atoms with Crippen molar-refractivity contribution < 1.29 is 27.5 Å². The number of amides is 3. The second-order valence-corrected chi connectivity index (χ2v) is 17.1. The quantitative estimate of drug-likeness (QED) is 0.0972. The zero-order valence-electron chi connectivity index (χ0n) is 33.8. The Balaban J connectivity index is 0.905. The fraction of sp³-hybridized carbons (Fsp3) is 0.341. The fourth-order valence-electron chi connectivity index (χ4n) is 7.96. The number of nitrogens with one attached hydrogen (secondary N) is 5. The molecule has 0 aliphatic carbocycles. The molecule has 5 aromatic rings. The number of hydrogen-bond donors (Lipinski definition) is 5. The maximum absolute atomic E-state index is 13.3. The number of sulfonamides is 1. The molecular formula is C41H45ClN12O6S. The summed E-state index contributed by atoms with van der Waals surface area (Å²) in [5.41, 5.74) is 6.61. The van der Waals surface area contributed by atoms with Gasteiger partial charge in [0.2, 0.25) is 27.8 Å². The van der Waals surface area contributed by atoms with E-state index in [1.165, 1.54) is 18.6 Å². The summed E-state index contributed by atoms with van der Waals surface area (Å²) in [6, 6.07) is 12.4. The number of piperidine rings is 1. The Labute approximate surface area is 357 Å². The van der Waals surface area contributed by atoms with Gasteiger partial charge in [-0.1, -0.05) is 24.6 Å². The number of anilines is 7. The SMILES string of the molecule is CCc1cc(Nc2ncc(Cl)c(Nc3ccc4nccnc4c3NS(C)(=O)=O)n2)c(OC)cc1N1CCN(CCNc2cccc3c2CN(C2CCC(=O)NC2=O)C3=O)CC1. The molecule has 0 saturated carbocycles. The van der Waals surface area contributed by atoms with Crippen molar-refractivity contribution in [2.45, 2.75) is 38.8 Å². The summed E-state index contributed by atoms with van der Waals surface area (Å²) in [6.45, 7) is 7.22. The monoisotopic (exact) mass is 868 g/mol. The summed E-state index contributed by atoms with van der Waals surface area (Å²) in [5.74, 6) is 0.157. The van der Waals surface area contributed by atoms with Crippen LogP contribution < -0.4 is 35.6 Å². The van der Waals surface area contributed by atoms with Crippen molar-refractivity contribution in [3.05, 3.63) is 82.8 Å². The zero-order chi connectivity index (χ0) is 42.8. The molecule has 2 saturated heterocycles. The van der Waals surface area contributed by atoms with Crippen LogP contribution in [0.4, 0.5) is 40.2 Å². The second-order valence-electron chi connectivity index (χ2n) is 14.9. The van der Waals surface area contributed by atoms with Gasteiger partial charge in [-0.25, -0.2) is 13.4 Å². The number of methoxy groups -OCH3 is 1. The van der Waals surface area contributed by atoms with Gasteiger partial charge in [0.15, 0.2) is 5.82 Å². The second kappa shape index (κ2) is 17.3. The maximum Gasteiger partial charge on any atom is 0.255 e. The van der Waals surface area contributed by atoms with Crippen LogP contribution in [0.5, 0.6) is 5.75 Å². The summed E-state index contributed by atoms with van der Waals surface area (Å²) in [7, 11) is -2.07. The van der Waals surface area contributed by atoms with Crippen molar-refractivity contribution in [2.75, 3.05) is 78.2 Å². The molecule has 2 aromatic heterocycles. The van der Waals surface area contributed by atoms with E-state index in [1.807, 2.05) is 24.3 Å². The van der Waals surface area contributed by atoms with E-state index in [2.05, 4.69) is 62.6 Å². The molecule has 8 rings (SSSR count). The third-order valence-electron chi connectivity index (χ3n) is 11.0. The van der Waals surface area contributed by atoms with Crippen LogP contribution in [0.3, 0.4) is 0 Å². The van der Waals surface area contributed by atoms with E-state index in [-0.39, 0.29) is 40.7 Å². The molecule has 3 aliphatic rings. The van der Waals surface area contributed by atoms with Gasteiger partial charge in [-0.15, -0.1) is 0 Å². The molecule has 318 valence electrons. The fourth-order valence-corrected chi connectivity index (χ4v) is 8.68. The average Bonchev–Trinajstić information content (AvgIpc) is 3.58. The highest BCUT2D eigenvalue weighted by molar-refractivity contribution is 7.92. The van der Waals surface area contributed by atoms with Crippen LogP contribution >= 0.6 is 11.6 Å². The number of ether oxygens (including phenoxy) is 1. The molecule has 61 heavy (non-hydrogen) atoms. The molecule has 5 N–H and O–H groups in total. The van der Waals surface area contributed by atoms with Gasteiger partial charge in [0.1, 0.15) is 22.3 Å². The minimum atomic E-state index is -3.68. The molecule has 0 radical (unpaired) electrons.